The van der Waals surface area contributed by atoms with Gasteiger partial charge in [-0.05, 0) is 38.7 Å². The fraction of sp³-hybridized carbons (Fsp3) is 0.471. The zero-order valence-corrected chi connectivity index (χ0v) is 13.4. The highest BCUT2D eigenvalue weighted by Crippen LogP contribution is 2.09. The SMILES string of the molecule is CC(C)ON=C(CCCCCc1ccccc1)n1cncn1. The minimum absolute atomic E-state index is 0.0663. The first kappa shape index (κ1) is 16.2. The van der Waals surface area contributed by atoms with Gasteiger partial charge in [-0.25, -0.2) is 9.67 Å². The molecular weight excluding hydrogens is 276 g/mol. The molecule has 0 fully saturated rings. The lowest BCUT2D eigenvalue weighted by Gasteiger charge is -2.08. The Labute approximate surface area is 132 Å². The number of aryl methyl sites for hydroxylation is 1. The fourth-order valence-electron chi connectivity index (χ4n) is 2.14. The number of benzene rings is 1. The summed E-state index contributed by atoms with van der Waals surface area (Å²) < 4.78 is 1.68. The van der Waals surface area contributed by atoms with Gasteiger partial charge in [-0.15, -0.1) is 0 Å². The summed E-state index contributed by atoms with van der Waals surface area (Å²) in [6.45, 7) is 3.92. The molecule has 0 saturated heterocycles. The van der Waals surface area contributed by atoms with E-state index in [2.05, 4.69) is 45.6 Å². The summed E-state index contributed by atoms with van der Waals surface area (Å²) in [4.78, 5) is 9.32. The number of rotatable bonds is 8. The van der Waals surface area contributed by atoms with E-state index in [1.54, 1.807) is 11.0 Å². The molecule has 118 valence electrons. The van der Waals surface area contributed by atoms with Crippen LogP contribution < -0.4 is 0 Å². The van der Waals surface area contributed by atoms with Crippen LogP contribution in [0.5, 0.6) is 0 Å². The van der Waals surface area contributed by atoms with Crippen molar-refractivity contribution in [3.05, 3.63) is 48.5 Å². The molecule has 0 saturated carbocycles. The van der Waals surface area contributed by atoms with Gasteiger partial charge in [0.2, 0.25) is 0 Å². The lowest BCUT2D eigenvalue weighted by Crippen LogP contribution is -2.14. The molecule has 22 heavy (non-hydrogen) atoms. The highest BCUT2D eigenvalue weighted by Gasteiger charge is 2.05. The second-order valence-corrected chi connectivity index (χ2v) is 5.55. The van der Waals surface area contributed by atoms with Crippen LogP contribution in [0, 0.1) is 0 Å². The van der Waals surface area contributed by atoms with Gasteiger partial charge in [0, 0.05) is 6.42 Å². The molecule has 0 unspecified atom stereocenters. The van der Waals surface area contributed by atoms with Crippen molar-refractivity contribution in [1.29, 1.82) is 0 Å². The summed E-state index contributed by atoms with van der Waals surface area (Å²) in [5.74, 6) is 0.811. The highest BCUT2D eigenvalue weighted by molar-refractivity contribution is 5.82. The Morgan fingerprint density at radius 1 is 1.18 bits per heavy atom. The molecular formula is C17H24N4O. The minimum Gasteiger partial charge on any atom is -0.392 e. The lowest BCUT2D eigenvalue weighted by molar-refractivity contribution is 0.0843. The Bertz CT molecular complexity index is 549. The third-order valence-corrected chi connectivity index (χ3v) is 3.26. The molecule has 0 amide bonds. The largest absolute Gasteiger partial charge is 0.392 e. The van der Waals surface area contributed by atoms with E-state index in [1.807, 2.05) is 13.8 Å². The van der Waals surface area contributed by atoms with Gasteiger partial charge in [-0.3, -0.25) is 0 Å². The van der Waals surface area contributed by atoms with Crippen LogP contribution in [-0.2, 0) is 11.3 Å². The molecule has 0 N–H and O–H groups in total. The van der Waals surface area contributed by atoms with Gasteiger partial charge >= 0.3 is 0 Å². The normalized spacial score (nSPS) is 11.9. The predicted octanol–water partition coefficient (Wildman–Crippen LogP) is 3.67. The zero-order chi connectivity index (χ0) is 15.6. The maximum absolute atomic E-state index is 5.35. The maximum Gasteiger partial charge on any atom is 0.170 e. The van der Waals surface area contributed by atoms with Gasteiger partial charge in [-0.1, -0.05) is 41.9 Å². The van der Waals surface area contributed by atoms with E-state index in [0.29, 0.717) is 0 Å². The van der Waals surface area contributed by atoms with Crippen LogP contribution >= 0.6 is 0 Å². The molecule has 0 aliphatic carbocycles. The Hall–Kier alpha value is -2.17. The third kappa shape index (κ3) is 5.68. The Morgan fingerprint density at radius 3 is 2.68 bits per heavy atom. The molecule has 0 radical (unpaired) electrons. The number of hydrogen-bond acceptors (Lipinski definition) is 4. The van der Waals surface area contributed by atoms with Crippen LogP contribution in [-0.4, -0.2) is 26.7 Å². The predicted molar refractivity (Wildman–Crippen MR) is 87.7 cm³/mol. The van der Waals surface area contributed by atoms with Crippen LogP contribution in [0.1, 0.15) is 45.1 Å². The van der Waals surface area contributed by atoms with E-state index in [-0.39, 0.29) is 6.10 Å². The van der Waals surface area contributed by atoms with Crippen LogP contribution in [0.3, 0.4) is 0 Å². The molecule has 5 heteroatoms. The maximum atomic E-state index is 5.35. The molecule has 0 aliphatic rings. The molecule has 0 atom stereocenters. The molecule has 0 spiro atoms. The first-order valence-electron chi connectivity index (χ1n) is 7.87. The molecule has 1 aromatic carbocycles. The van der Waals surface area contributed by atoms with Crippen molar-refractivity contribution in [3.8, 4) is 0 Å². The number of hydrogen-bond donors (Lipinski definition) is 0. The van der Waals surface area contributed by atoms with Crippen molar-refractivity contribution in [2.45, 2.75) is 52.1 Å². The third-order valence-electron chi connectivity index (χ3n) is 3.26. The van der Waals surface area contributed by atoms with Crippen molar-refractivity contribution in [3.63, 3.8) is 0 Å². The van der Waals surface area contributed by atoms with Crippen LogP contribution in [0.4, 0.5) is 0 Å². The summed E-state index contributed by atoms with van der Waals surface area (Å²) in [6, 6.07) is 10.6. The van der Waals surface area contributed by atoms with Gasteiger partial charge in [0.05, 0.1) is 0 Å². The average molecular weight is 300 g/mol. The van der Waals surface area contributed by atoms with E-state index in [0.717, 1.165) is 31.5 Å². The Kier molecular flexibility index (Phi) is 6.61. The van der Waals surface area contributed by atoms with Gasteiger partial charge in [0.1, 0.15) is 18.8 Å². The average Bonchev–Trinajstić information content (AvgIpc) is 3.05. The molecule has 1 aromatic heterocycles. The van der Waals surface area contributed by atoms with Crippen molar-refractivity contribution in [2.24, 2.45) is 5.16 Å². The first-order chi connectivity index (χ1) is 10.8. The number of nitrogens with zero attached hydrogens (tertiary/aromatic N) is 4. The van der Waals surface area contributed by atoms with E-state index in [9.17, 15) is 0 Å². The standard InChI is InChI=1S/C17H24N4O/c1-15(2)22-20-17(21-14-18-13-19-21)12-8-4-7-11-16-9-5-3-6-10-16/h3,5-6,9-10,13-15H,4,7-8,11-12H2,1-2H3. The Balaban J connectivity index is 1.75. The van der Waals surface area contributed by atoms with Crippen molar-refractivity contribution in [1.82, 2.24) is 14.8 Å². The monoisotopic (exact) mass is 300 g/mol. The summed E-state index contributed by atoms with van der Waals surface area (Å²) in [6.07, 6.45) is 8.60. The first-order valence-corrected chi connectivity index (χ1v) is 7.87. The summed E-state index contributed by atoms with van der Waals surface area (Å²) >= 11 is 0. The van der Waals surface area contributed by atoms with Crippen molar-refractivity contribution < 1.29 is 4.84 Å². The molecule has 0 aliphatic heterocycles. The summed E-state index contributed by atoms with van der Waals surface area (Å²) in [5.41, 5.74) is 1.40. The summed E-state index contributed by atoms with van der Waals surface area (Å²) in [7, 11) is 0. The van der Waals surface area contributed by atoms with Gasteiger partial charge < -0.3 is 4.84 Å². The Morgan fingerprint density at radius 2 is 2.00 bits per heavy atom. The van der Waals surface area contributed by atoms with Gasteiger partial charge in [0.25, 0.3) is 0 Å². The van der Waals surface area contributed by atoms with Crippen LogP contribution in [0.25, 0.3) is 0 Å². The quantitative estimate of drug-likeness (QED) is 0.323. The molecule has 1 heterocycles. The summed E-state index contributed by atoms with van der Waals surface area (Å²) in [5, 5.41) is 8.33. The van der Waals surface area contributed by atoms with Crippen LogP contribution in [0.15, 0.2) is 48.1 Å². The molecule has 5 nitrogen and oxygen atoms in total. The highest BCUT2D eigenvalue weighted by atomic mass is 16.6. The smallest absolute Gasteiger partial charge is 0.170 e. The van der Waals surface area contributed by atoms with E-state index < -0.39 is 0 Å². The minimum atomic E-state index is 0.0663. The zero-order valence-electron chi connectivity index (χ0n) is 13.4. The second kappa shape index (κ2) is 8.97. The second-order valence-electron chi connectivity index (χ2n) is 5.55. The lowest BCUT2D eigenvalue weighted by atomic mass is 10.1. The molecule has 2 rings (SSSR count). The van der Waals surface area contributed by atoms with Gasteiger partial charge in [-0.2, -0.15) is 5.10 Å². The van der Waals surface area contributed by atoms with Gasteiger partial charge in [0.15, 0.2) is 5.84 Å². The van der Waals surface area contributed by atoms with Crippen LogP contribution in [0.2, 0.25) is 0 Å². The topological polar surface area (TPSA) is 52.3 Å². The number of aromatic nitrogens is 3. The van der Waals surface area contributed by atoms with E-state index in [4.69, 9.17) is 4.84 Å². The fourth-order valence-corrected chi connectivity index (χ4v) is 2.14. The number of oxime groups is 1. The number of unbranched alkanes of at least 4 members (excludes halogenated alkanes) is 2. The molecule has 0 bridgehead atoms. The van der Waals surface area contributed by atoms with E-state index >= 15 is 0 Å². The molecule has 2 aromatic rings. The van der Waals surface area contributed by atoms with E-state index in [1.165, 1.54) is 18.3 Å². The van der Waals surface area contributed by atoms with Crippen molar-refractivity contribution in [2.75, 3.05) is 0 Å². The van der Waals surface area contributed by atoms with Crippen molar-refractivity contribution >= 4 is 5.84 Å².